The average molecular weight is 317 g/mol. The number of rotatable bonds is 3. The van der Waals surface area contributed by atoms with Gasteiger partial charge in [-0.3, -0.25) is 0 Å². The van der Waals surface area contributed by atoms with Gasteiger partial charge in [-0.1, -0.05) is 13.8 Å². The number of halogens is 1. The van der Waals surface area contributed by atoms with Crippen LogP contribution in [0.4, 0.5) is 0 Å². The highest BCUT2D eigenvalue weighted by molar-refractivity contribution is 9.10. The fraction of sp³-hybridized carbons (Fsp3) is 0.364. The van der Waals surface area contributed by atoms with Gasteiger partial charge in [0.2, 0.25) is 0 Å². The molecule has 0 unspecified atom stereocenters. The lowest BCUT2D eigenvalue weighted by atomic mass is 10.1. The number of nitrogens with zero attached hydrogens (tertiary/aromatic N) is 1. The van der Waals surface area contributed by atoms with Crippen LogP contribution in [0.2, 0.25) is 0 Å². The fourth-order valence-electron chi connectivity index (χ4n) is 1.64. The first-order valence-electron chi connectivity index (χ1n) is 5.09. The van der Waals surface area contributed by atoms with Gasteiger partial charge in [-0.15, -0.1) is 11.3 Å². The van der Waals surface area contributed by atoms with Crippen molar-refractivity contribution in [2.75, 3.05) is 0 Å². The number of hydrogen-bond donors (Lipinski definition) is 1. The van der Waals surface area contributed by atoms with Crippen LogP contribution in [0, 0.1) is 4.77 Å². The zero-order chi connectivity index (χ0) is 11.7. The van der Waals surface area contributed by atoms with E-state index in [0.29, 0.717) is 5.92 Å². The largest absolute Gasteiger partial charge is 0.337 e. The second kappa shape index (κ2) is 4.85. The van der Waals surface area contributed by atoms with Crippen molar-refractivity contribution in [3.8, 4) is 0 Å². The van der Waals surface area contributed by atoms with Crippen molar-refractivity contribution in [3.05, 3.63) is 37.5 Å². The summed E-state index contributed by atoms with van der Waals surface area (Å²) in [4.78, 5) is 4.43. The number of nitrogens with one attached hydrogen (secondary N) is 1. The molecule has 1 N–H and O–H groups in total. The molecule has 0 saturated heterocycles. The normalized spacial score (nSPS) is 11.2. The summed E-state index contributed by atoms with van der Waals surface area (Å²) in [6.45, 7) is 5.21. The molecule has 16 heavy (non-hydrogen) atoms. The van der Waals surface area contributed by atoms with E-state index in [-0.39, 0.29) is 0 Å². The number of thiophene rings is 1. The lowest BCUT2D eigenvalue weighted by Crippen LogP contribution is -2.04. The highest BCUT2D eigenvalue weighted by atomic mass is 79.9. The number of H-pyrrole nitrogens is 1. The van der Waals surface area contributed by atoms with Gasteiger partial charge in [0.1, 0.15) is 0 Å². The van der Waals surface area contributed by atoms with Crippen molar-refractivity contribution in [1.82, 2.24) is 9.55 Å². The average Bonchev–Trinajstić information content (AvgIpc) is 2.76. The van der Waals surface area contributed by atoms with Gasteiger partial charge >= 0.3 is 0 Å². The second-order valence-corrected chi connectivity index (χ2v) is 6.29. The maximum Gasteiger partial charge on any atom is 0.177 e. The first-order chi connectivity index (χ1) is 7.58. The van der Waals surface area contributed by atoms with Gasteiger partial charge in [-0.2, -0.15) is 0 Å². The van der Waals surface area contributed by atoms with Crippen LogP contribution in [0.15, 0.2) is 22.1 Å². The fourth-order valence-corrected chi connectivity index (χ4v) is 3.31. The third kappa shape index (κ3) is 2.47. The molecule has 0 aliphatic heterocycles. The van der Waals surface area contributed by atoms with Gasteiger partial charge in [0.15, 0.2) is 4.77 Å². The van der Waals surface area contributed by atoms with Crippen LogP contribution in [0.3, 0.4) is 0 Å². The molecule has 2 aromatic heterocycles. The quantitative estimate of drug-likeness (QED) is 0.824. The summed E-state index contributed by atoms with van der Waals surface area (Å²) in [5, 5.41) is 2.10. The van der Waals surface area contributed by atoms with Gasteiger partial charge in [0, 0.05) is 26.6 Å². The molecule has 0 aromatic carbocycles. The Morgan fingerprint density at radius 2 is 2.31 bits per heavy atom. The van der Waals surface area contributed by atoms with Gasteiger partial charge in [-0.25, -0.2) is 0 Å². The summed E-state index contributed by atoms with van der Waals surface area (Å²) in [5.41, 5.74) is 1.26. The van der Waals surface area contributed by atoms with E-state index in [0.717, 1.165) is 15.8 Å². The molecule has 0 amide bonds. The van der Waals surface area contributed by atoms with E-state index in [9.17, 15) is 0 Å². The summed E-state index contributed by atoms with van der Waals surface area (Å²) >= 11 is 10.5. The summed E-state index contributed by atoms with van der Waals surface area (Å²) in [7, 11) is 0. The predicted molar refractivity (Wildman–Crippen MR) is 74.8 cm³/mol. The minimum Gasteiger partial charge on any atom is -0.337 e. The van der Waals surface area contributed by atoms with Crippen LogP contribution >= 0.6 is 39.5 Å². The van der Waals surface area contributed by atoms with Crippen LogP contribution in [-0.4, -0.2) is 9.55 Å². The number of imidazole rings is 1. The third-order valence-corrected chi connectivity index (χ3v) is 4.45. The van der Waals surface area contributed by atoms with Crippen LogP contribution in [0.5, 0.6) is 0 Å². The molecule has 0 fully saturated rings. The maximum absolute atomic E-state index is 5.30. The van der Waals surface area contributed by atoms with E-state index < -0.39 is 0 Å². The molecule has 0 bridgehead atoms. The van der Waals surface area contributed by atoms with E-state index in [1.54, 1.807) is 11.3 Å². The summed E-state index contributed by atoms with van der Waals surface area (Å²) in [5.74, 6) is 0.483. The van der Waals surface area contributed by atoms with Crippen molar-refractivity contribution in [3.63, 3.8) is 0 Å². The van der Waals surface area contributed by atoms with Gasteiger partial charge in [-0.05, 0) is 40.1 Å². The predicted octanol–water partition coefficient (Wildman–Crippen LogP) is 4.54. The second-order valence-electron chi connectivity index (χ2n) is 3.99. The maximum atomic E-state index is 5.30. The molecule has 0 saturated carbocycles. The molecule has 2 heterocycles. The molecule has 2 nitrogen and oxygen atoms in total. The first-order valence-corrected chi connectivity index (χ1v) is 7.17. The Labute approximate surface area is 112 Å². The summed E-state index contributed by atoms with van der Waals surface area (Å²) in [6.07, 6.45) is 2.01. The van der Waals surface area contributed by atoms with Crippen LogP contribution in [-0.2, 0) is 6.54 Å². The van der Waals surface area contributed by atoms with Crippen molar-refractivity contribution in [2.45, 2.75) is 26.3 Å². The van der Waals surface area contributed by atoms with Crippen molar-refractivity contribution in [2.24, 2.45) is 0 Å². The Balaban J connectivity index is 2.33. The Bertz CT molecular complexity index is 536. The topological polar surface area (TPSA) is 20.7 Å². The molecule has 0 aliphatic rings. The van der Waals surface area contributed by atoms with E-state index >= 15 is 0 Å². The molecular formula is C11H13BrN2S2. The van der Waals surface area contributed by atoms with E-state index in [4.69, 9.17) is 12.2 Å². The molecule has 5 heteroatoms. The number of aromatic amines is 1. The smallest absolute Gasteiger partial charge is 0.177 e. The standard InChI is InChI=1S/C11H13BrN2S2/c1-7(2)10-4-13-11(15)14(10)5-9-3-8(12)6-16-9/h3-4,6-7H,5H2,1-2H3,(H,13,15). The minimum absolute atomic E-state index is 0.483. The molecule has 86 valence electrons. The Morgan fingerprint density at radius 1 is 1.56 bits per heavy atom. The minimum atomic E-state index is 0.483. The Hall–Kier alpha value is -0.390. The zero-order valence-electron chi connectivity index (χ0n) is 9.16. The van der Waals surface area contributed by atoms with E-state index in [1.807, 2.05) is 6.20 Å². The summed E-state index contributed by atoms with van der Waals surface area (Å²) in [6, 6.07) is 2.14. The van der Waals surface area contributed by atoms with Gasteiger partial charge in [0.05, 0.1) is 6.54 Å². The summed E-state index contributed by atoms with van der Waals surface area (Å²) < 4.78 is 4.10. The van der Waals surface area contributed by atoms with Crippen LogP contribution < -0.4 is 0 Å². The molecule has 0 aliphatic carbocycles. The lowest BCUT2D eigenvalue weighted by molar-refractivity contribution is 0.690. The van der Waals surface area contributed by atoms with Crippen molar-refractivity contribution in [1.29, 1.82) is 0 Å². The highest BCUT2D eigenvalue weighted by Crippen LogP contribution is 2.23. The Kier molecular flexibility index (Phi) is 3.66. The molecule has 0 radical (unpaired) electrons. The van der Waals surface area contributed by atoms with Crippen LogP contribution in [0.25, 0.3) is 0 Å². The molecular weight excluding hydrogens is 304 g/mol. The monoisotopic (exact) mass is 316 g/mol. The van der Waals surface area contributed by atoms with E-state index in [2.05, 4.69) is 50.8 Å². The van der Waals surface area contributed by atoms with Crippen molar-refractivity contribution >= 4 is 39.5 Å². The molecule has 0 atom stereocenters. The van der Waals surface area contributed by atoms with Crippen LogP contribution in [0.1, 0.15) is 30.3 Å². The highest BCUT2D eigenvalue weighted by Gasteiger charge is 2.09. The first kappa shape index (κ1) is 12.1. The zero-order valence-corrected chi connectivity index (χ0v) is 12.4. The van der Waals surface area contributed by atoms with Gasteiger partial charge in [0.25, 0.3) is 0 Å². The van der Waals surface area contributed by atoms with E-state index in [1.165, 1.54) is 10.6 Å². The molecule has 2 rings (SSSR count). The SMILES string of the molecule is CC(C)c1c[nH]c(=S)n1Cc1cc(Br)cs1. The molecule has 0 spiro atoms. The number of aromatic nitrogens is 2. The van der Waals surface area contributed by atoms with Crippen molar-refractivity contribution < 1.29 is 0 Å². The lowest BCUT2D eigenvalue weighted by Gasteiger charge is -2.09. The third-order valence-electron chi connectivity index (χ3n) is 2.43. The van der Waals surface area contributed by atoms with Gasteiger partial charge < -0.3 is 9.55 Å². The Morgan fingerprint density at radius 3 is 2.88 bits per heavy atom. The number of hydrogen-bond acceptors (Lipinski definition) is 2. The molecule has 2 aromatic rings.